The lowest BCUT2D eigenvalue weighted by atomic mass is 9.87. The molecule has 4 aromatic rings. The molecule has 126 valence electrons. The van der Waals surface area contributed by atoms with Crippen molar-refractivity contribution in [3.05, 3.63) is 77.5 Å². The van der Waals surface area contributed by atoms with Crippen molar-refractivity contribution in [1.82, 2.24) is 4.57 Å². The van der Waals surface area contributed by atoms with E-state index in [0.717, 1.165) is 0 Å². The smallest absolute Gasteiger partial charge is 0.0540 e. The summed E-state index contributed by atoms with van der Waals surface area (Å²) in [5.74, 6) is 0. The molecule has 25 heavy (non-hydrogen) atoms. The van der Waals surface area contributed by atoms with Gasteiger partial charge in [-0.15, -0.1) is 0 Å². The molecule has 0 unspecified atom stereocenters. The first-order chi connectivity index (χ1) is 11.9. The van der Waals surface area contributed by atoms with E-state index in [1.54, 1.807) is 0 Å². The van der Waals surface area contributed by atoms with Crippen molar-refractivity contribution in [3.63, 3.8) is 0 Å². The summed E-state index contributed by atoms with van der Waals surface area (Å²) in [6.45, 7) is 11.2. The maximum absolute atomic E-state index is 2.39. The second-order valence-corrected chi connectivity index (χ2v) is 8.02. The number of rotatable bonds is 1. The van der Waals surface area contributed by atoms with Crippen LogP contribution in [0, 0.1) is 13.8 Å². The van der Waals surface area contributed by atoms with Gasteiger partial charge >= 0.3 is 0 Å². The van der Waals surface area contributed by atoms with Crippen molar-refractivity contribution in [1.29, 1.82) is 0 Å². The summed E-state index contributed by atoms with van der Waals surface area (Å²) < 4.78 is 2.39. The number of benzene rings is 3. The van der Waals surface area contributed by atoms with Crippen molar-refractivity contribution in [2.45, 2.75) is 40.0 Å². The molecule has 1 aromatic heterocycles. The lowest BCUT2D eigenvalue weighted by molar-refractivity contribution is 0.590. The summed E-state index contributed by atoms with van der Waals surface area (Å²) in [4.78, 5) is 0. The van der Waals surface area contributed by atoms with Crippen LogP contribution in [-0.2, 0) is 5.41 Å². The number of nitrogens with zero attached hydrogens (tertiary/aromatic N) is 1. The van der Waals surface area contributed by atoms with E-state index >= 15 is 0 Å². The summed E-state index contributed by atoms with van der Waals surface area (Å²) in [6, 6.07) is 22.2. The molecule has 0 amide bonds. The average molecular weight is 327 g/mol. The van der Waals surface area contributed by atoms with Gasteiger partial charge in [0.2, 0.25) is 0 Å². The molecular formula is C24H25N. The quantitative estimate of drug-likeness (QED) is 0.366. The Kier molecular flexibility index (Phi) is 3.50. The van der Waals surface area contributed by atoms with E-state index in [1.807, 2.05) is 0 Å². The van der Waals surface area contributed by atoms with Gasteiger partial charge in [-0.25, -0.2) is 0 Å². The van der Waals surface area contributed by atoms with Crippen LogP contribution in [-0.4, -0.2) is 4.57 Å². The molecule has 0 atom stereocenters. The lowest BCUT2D eigenvalue weighted by Gasteiger charge is -2.19. The van der Waals surface area contributed by atoms with Crippen molar-refractivity contribution in [2.24, 2.45) is 0 Å². The van der Waals surface area contributed by atoms with Crippen molar-refractivity contribution < 1.29 is 0 Å². The van der Waals surface area contributed by atoms with E-state index in [9.17, 15) is 0 Å². The van der Waals surface area contributed by atoms with Crippen LogP contribution in [0.15, 0.2) is 60.7 Å². The first-order valence-electron chi connectivity index (χ1n) is 8.98. The highest BCUT2D eigenvalue weighted by Crippen LogP contribution is 2.34. The summed E-state index contributed by atoms with van der Waals surface area (Å²) in [6.07, 6.45) is 0. The summed E-state index contributed by atoms with van der Waals surface area (Å²) in [7, 11) is 0. The topological polar surface area (TPSA) is 4.93 Å². The molecule has 0 fully saturated rings. The molecule has 0 saturated heterocycles. The van der Waals surface area contributed by atoms with E-state index in [2.05, 4.69) is 99.8 Å². The molecule has 0 radical (unpaired) electrons. The van der Waals surface area contributed by atoms with Crippen LogP contribution in [0.3, 0.4) is 0 Å². The zero-order chi connectivity index (χ0) is 17.8. The van der Waals surface area contributed by atoms with Crippen LogP contribution in [0.2, 0.25) is 0 Å². The van der Waals surface area contributed by atoms with Gasteiger partial charge in [0, 0.05) is 16.8 Å². The SMILES string of the molecule is Cc1c(C)n(-c2ccc(C(C)(C)C)cc2)c2ccc3ccccc3c12. The van der Waals surface area contributed by atoms with E-state index in [1.165, 1.54) is 44.2 Å². The summed E-state index contributed by atoms with van der Waals surface area (Å²) in [5, 5.41) is 4.01. The van der Waals surface area contributed by atoms with Crippen LogP contribution in [0.5, 0.6) is 0 Å². The highest BCUT2D eigenvalue weighted by atomic mass is 15.0. The van der Waals surface area contributed by atoms with Crippen LogP contribution in [0.1, 0.15) is 37.6 Å². The number of hydrogen-bond acceptors (Lipinski definition) is 0. The van der Waals surface area contributed by atoms with Crippen LogP contribution in [0.25, 0.3) is 27.4 Å². The van der Waals surface area contributed by atoms with Crippen LogP contribution in [0.4, 0.5) is 0 Å². The number of hydrogen-bond donors (Lipinski definition) is 0. The van der Waals surface area contributed by atoms with Gasteiger partial charge in [0.05, 0.1) is 5.52 Å². The first kappa shape index (κ1) is 16.0. The van der Waals surface area contributed by atoms with Gasteiger partial charge in [-0.1, -0.05) is 63.2 Å². The third-order valence-corrected chi connectivity index (χ3v) is 5.39. The third kappa shape index (κ3) is 2.46. The Labute approximate surface area is 149 Å². The zero-order valence-electron chi connectivity index (χ0n) is 15.7. The maximum Gasteiger partial charge on any atom is 0.0540 e. The molecular weight excluding hydrogens is 302 g/mol. The van der Waals surface area contributed by atoms with Crippen molar-refractivity contribution in [3.8, 4) is 5.69 Å². The standard InChI is InChI=1S/C24H25N/c1-16-17(2)25(20-13-11-19(12-14-20)24(3,4)5)22-15-10-18-8-6-7-9-21(18)23(16)22/h6-15H,1-5H3. The van der Waals surface area contributed by atoms with Crippen molar-refractivity contribution in [2.75, 3.05) is 0 Å². The Morgan fingerprint density at radius 2 is 1.44 bits per heavy atom. The first-order valence-corrected chi connectivity index (χ1v) is 8.98. The van der Waals surface area contributed by atoms with Gasteiger partial charge in [-0.05, 0) is 59.4 Å². The second-order valence-electron chi connectivity index (χ2n) is 8.02. The van der Waals surface area contributed by atoms with E-state index < -0.39 is 0 Å². The average Bonchev–Trinajstić information content (AvgIpc) is 2.86. The minimum atomic E-state index is 0.179. The minimum Gasteiger partial charge on any atom is -0.314 e. The zero-order valence-corrected chi connectivity index (χ0v) is 15.7. The van der Waals surface area contributed by atoms with Crippen molar-refractivity contribution >= 4 is 21.7 Å². The molecule has 0 aliphatic carbocycles. The van der Waals surface area contributed by atoms with Gasteiger partial charge in [0.15, 0.2) is 0 Å². The second kappa shape index (κ2) is 5.49. The molecule has 0 aliphatic heterocycles. The molecule has 0 saturated carbocycles. The fourth-order valence-electron chi connectivity index (χ4n) is 3.81. The third-order valence-electron chi connectivity index (χ3n) is 5.39. The lowest BCUT2D eigenvalue weighted by Crippen LogP contribution is -2.11. The monoisotopic (exact) mass is 327 g/mol. The Morgan fingerprint density at radius 1 is 0.760 bits per heavy atom. The maximum atomic E-state index is 2.39. The molecule has 0 bridgehead atoms. The largest absolute Gasteiger partial charge is 0.314 e. The van der Waals surface area contributed by atoms with E-state index in [-0.39, 0.29) is 5.41 Å². The molecule has 0 aliphatic rings. The highest BCUT2D eigenvalue weighted by Gasteiger charge is 2.16. The predicted molar refractivity (Wildman–Crippen MR) is 109 cm³/mol. The summed E-state index contributed by atoms with van der Waals surface area (Å²) >= 11 is 0. The van der Waals surface area contributed by atoms with E-state index in [4.69, 9.17) is 0 Å². The number of fused-ring (bicyclic) bond motifs is 3. The Balaban J connectivity index is 1.99. The van der Waals surface area contributed by atoms with Gasteiger partial charge in [0.25, 0.3) is 0 Å². The summed E-state index contributed by atoms with van der Waals surface area (Å²) in [5.41, 5.74) is 6.75. The van der Waals surface area contributed by atoms with Gasteiger partial charge in [-0.3, -0.25) is 0 Å². The molecule has 0 spiro atoms. The van der Waals surface area contributed by atoms with Gasteiger partial charge in [0.1, 0.15) is 0 Å². The van der Waals surface area contributed by atoms with Crippen LogP contribution < -0.4 is 0 Å². The Morgan fingerprint density at radius 3 is 2.12 bits per heavy atom. The number of aromatic nitrogens is 1. The van der Waals surface area contributed by atoms with Gasteiger partial charge < -0.3 is 4.57 Å². The molecule has 0 N–H and O–H groups in total. The highest BCUT2D eigenvalue weighted by molar-refractivity contribution is 6.09. The van der Waals surface area contributed by atoms with Gasteiger partial charge in [-0.2, -0.15) is 0 Å². The predicted octanol–water partition coefficient (Wildman–Crippen LogP) is 6.70. The van der Waals surface area contributed by atoms with Crippen LogP contribution >= 0.6 is 0 Å². The molecule has 1 nitrogen and oxygen atoms in total. The van der Waals surface area contributed by atoms with E-state index in [0.29, 0.717) is 0 Å². The Hall–Kier alpha value is -2.54. The molecule has 1 heteroatoms. The fourth-order valence-corrected chi connectivity index (χ4v) is 3.81. The molecule has 1 heterocycles. The normalized spacial score (nSPS) is 12.2. The fraction of sp³-hybridized carbons (Fsp3) is 0.250. The number of aryl methyl sites for hydroxylation is 1. The Bertz CT molecular complexity index is 1070. The minimum absolute atomic E-state index is 0.179. The molecule has 4 rings (SSSR count). The molecule has 3 aromatic carbocycles.